The Morgan fingerprint density at radius 3 is 2.33 bits per heavy atom. The van der Waals surface area contributed by atoms with Gasteiger partial charge in [-0.3, -0.25) is 10.1 Å². The molecule has 1 fully saturated rings. The van der Waals surface area contributed by atoms with Crippen LogP contribution in [-0.2, 0) is 14.9 Å². The van der Waals surface area contributed by atoms with Gasteiger partial charge in [0.05, 0.1) is 17.1 Å². The quantitative estimate of drug-likeness (QED) is 0.426. The van der Waals surface area contributed by atoms with Gasteiger partial charge in [0.25, 0.3) is 15.9 Å². The molecule has 1 aromatic rings. The van der Waals surface area contributed by atoms with Gasteiger partial charge in [-0.25, -0.2) is 4.72 Å². The number of morpholine rings is 1. The van der Waals surface area contributed by atoms with Gasteiger partial charge in [-0.2, -0.15) is 12.7 Å². The molecule has 0 aromatic heterocycles. The summed E-state index contributed by atoms with van der Waals surface area (Å²) in [6.45, 7) is 4.92. The standard InChI is InChI=1S/C14H22N4O5S/c1-11-9-17(10-12(2)23-11)24(21,22)16-8-7-15-13-3-5-14(6-4-13)18(19)20/h3-6,11-12,15-16H,7-10H2,1-2H3/t11-,12-/m1/s1. The third kappa shape index (κ3) is 5.13. The molecule has 134 valence electrons. The smallest absolute Gasteiger partial charge is 0.279 e. The van der Waals surface area contributed by atoms with Crippen LogP contribution in [0.2, 0.25) is 0 Å². The third-order valence-corrected chi connectivity index (χ3v) is 5.09. The minimum absolute atomic E-state index is 0.0109. The largest absolute Gasteiger partial charge is 0.384 e. The number of anilines is 1. The van der Waals surface area contributed by atoms with Crippen LogP contribution >= 0.6 is 0 Å². The lowest BCUT2D eigenvalue weighted by Gasteiger charge is -2.34. The molecule has 0 radical (unpaired) electrons. The lowest BCUT2D eigenvalue weighted by molar-refractivity contribution is -0.384. The van der Waals surface area contributed by atoms with Crippen molar-refractivity contribution < 1.29 is 18.1 Å². The highest BCUT2D eigenvalue weighted by Crippen LogP contribution is 2.15. The molecule has 0 amide bonds. The number of nitrogens with one attached hydrogen (secondary N) is 2. The molecule has 2 rings (SSSR count). The van der Waals surface area contributed by atoms with Crippen molar-refractivity contribution in [3.05, 3.63) is 34.4 Å². The number of nitro groups is 1. The molecule has 1 aliphatic rings. The summed E-state index contributed by atoms with van der Waals surface area (Å²) < 4.78 is 34.0. The van der Waals surface area contributed by atoms with Crippen LogP contribution in [-0.4, -0.2) is 56.0 Å². The summed E-state index contributed by atoms with van der Waals surface area (Å²) in [4.78, 5) is 10.1. The normalized spacial score (nSPS) is 22.2. The Balaban J connectivity index is 1.79. The summed E-state index contributed by atoms with van der Waals surface area (Å²) in [5, 5.41) is 13.6. The molecule has 1 aromatic carbocycles. The second-order valence-electron chi connectivity index (χ2n) is 5.70. The molecule has 1 aliphatic heterocycles. The summed E-state index contributed by atoms with van der Waals surface area (Å²) in [5.74, 6) is 0. The minimum Gasteiger partial charge on any atom is -0.384 e. The molecule has 0 spiro atoms. The summed E-state index contributed by atoms with van der Waals surface area (Å²) in [5.41, 5.74) is 0.699. The topological polar surface area (TPSA) is 114 Å². The number of hydrogen-bond donors (Lipinski definition) is 2. The molecule has 0 aliphatic carbocycles. The van der Waals surface area contributed by atoms with Crippen molar-refractivity contribution in [1.82, 2.24) is 9.03 Å². The average molecular weight is 358 g/mol. The van der Waals surface area contributed by atoms with E-state index in [4.69, 9.17) is 4.74 Å². The highest BCUT2D eigenvalue weighted by molar-refractivity contribution is 7.87. The van der Waals surface area contributed by atoms with E-state index in [2.05, 4.69) is 10.0 Å². The number of non-ortho nitro benzene ring substituents is 1. The van der Waals surface area contributed by atoms with Crippen molar-refractivity contribution >= 4 is 21.6 Å². The van der Waals surface area contributed by atoms with Crippen molar-refractivity contribution in [3.63, 3.8) is 0 Å². The highest BCUT2D eigenvalue weighted by atomic mass is 32.2. The first-order valence-electron chi connectivity index (χ1n) is 7.66. The predicted octanol–water partition coefficient (Wildman–Crippen LogP) is 0.950. The second kappa shape index (κ2) is 7.88. The van der Waals surface area contributed by atoms with Gasteiger partial charge in [0, 0.05) is 44.0 Å². The maximum Gasteiger partial charge on any atom is 0.279 e. The van der Waals surface area contributed by atoms with E-state index in [1.165, 1.54) is 16.4 Å². The number of nitro benzene ring substituents is 1. The zero-order valence-electron chi connectivity index (χ0n) is 13.6. The zero-order valence-corrected chi connectivity index (χ0v) is 14.5. The molecule has 2 N–H and O–H groups in total. The van der Waals surface area contributed by atoms with Gasteiger partial charge in [0.15, 0.2) is 0 Å². The molecule has 0 saturated carbocycles. The van der Waals surface area contributed by atoms with E-state index in [0.29, 0.717) is 25.3 Å². The van der Waals surface area contributed by atoms with Gasteiger partial charge in [0.1, 0.15) is 0 Å². The Hall–Kier alpha value is -1.75. The van der Waals surface area contributed by atoms with E-state index in [9.17, 15) is 18.5 Å². The van der Waals surface area contributed by atoms with E-state index in [0.717, 1.165) is 0 Å². The van der Waals surface area contributed by atoms with Crippen molar-refractivity contribution in [2.75, 3.05) is 31.5 Å². The first kappa shape index (κ1) is 18.6. The lowest BCUT2D eigenvalue weighted by atomic mass is 10.3. The Morgan fingerprint density at radius 2 is 1.79 bits per heavy atom. The van der Waals surface area contributed by atoms with Crippen LogP contribution in [0.3, 0.4) is 0 Å². The van der Waals surface area contributed by atoms with E-state index in [1.54, 1.807) is 12.1 Å². The van der Waals surface area contributed by atoms with Gasteiger partial charge in [0.2, 0.25) is 0 Å². The van der Waals surface area contributed by atoms with Crippen LogP contribution in [0.5, 0.6) is 0 Å². The molecule has 0 unspecified atom stereocenters. The summed E-state index contributed by atoms with van der Waals surface area (Å²) in [6.07, 6.45) is -0.271. The first-order chi connectivity index (χ1) is 11.3. The number of ether oxygens (including phenoxy) is 1. The average Bonchev–Trinajstić information content (AvgIpc) is 2.51. The van der Waals surface area contributed by atoms with Crippen molar-refractivity contribution in [3.8, 4) is 0 Å². The Morgan fingerprint density at radius 1 is 1.21 bits per heavy atom. The Bertz CT molecular complexity index is 654. The van der Waals surface area contributed by atoms with Gasteiger partial charge in [-0.15, -0.1) is 0 Å². The molecule has 24 heavy (non-hydrogen) atoms. The maximum atomic E-state index is 12.3. The van der Waals surface area contributed by atoms with Crippen LogP contribution in [0.25, 0.3) is 0 Å². The molecule has 1 heterocycles. The summed E-state index contributed by atoms with van der Waals surface area (Å²) >= 11 is 0. The van der Waals surface area contributed by atoms with E-state index in [1.807, 2.05) is 13.8 Å². The van der Waals surface area contributed by atoms with Crippen LogP contribution in [0.1, 0.15) is 13.8 Å². The second-order valence-corrected chi connectivity index (χ2v) is 7.46. The van der Waals surface area contributed by atoms with Crippen molar-refractivity contribution in [2.24, 2.45) is 0 Å². The third-order valence-electron chi connectivity index (χ3n) is 3.54. The monoisotopic (exact) mass is 358 g/mol. The number of rotatable bonds is 7. The van der Waals surface area contributed by atoms with Crippen LogP contribution in [0.15, 0.2) is 24.3 Å². The highest BCUT2D eigenvalue weighted by Gasteiger charge is 2.30. The molecule has 1 saturated heterocycles. The van der Waals surface area contributed by atoms with Crippen LogP contribution in [0, 0.1) is 10.1 Å². The number of nitrogens with zero attached hydrogens (tertiary/aromatic N) is 2. The fraction of sp³-hybridized carbons (Fsp3) is 0.571. The lowest BCUT2D eigenvalue weighted by Crippen LogP contribution is -2.52. The van der Waals surface area contributed by atoms with Crippen LogP contribution < -0.4 is 10.0 Å². The number of hydrogen-bond acceptors (Lipinski definition) is 6. The van der Waals surface area contributed by atoms with E-state index < -0.39 is 15.1 Å². The van der Waals surface area contributed by atoms with E-state index >= 15 is 0 Å². The Kier molecular flexibility index (Phi) is 6.10. The van der Waals surface area contributed by atoms with Crippen molar-refractivity contribution in [1.29, 1.82) is 0 Å². The number of benzene rings is 1. The fourth-order valence-corrected chi connectivity index (χ4v) is 3.86. The van der Waals surface area contributed by atoms with Crippen LogP contribution in [0.4, 0.5) is 11.4 Å². The summed E-state index contributed by atoms with van der Waals surface area (Å²) in [6, 6.07) is 5.95. The molecular weight excluding hydrogens is 336 g/mol. The first-order valence-corrected chi connectivity index (χ1v) is 9.10. The van der Waals surface area contributed by atoms with Gasteiger partial charge in [-0.05, 0) is 26.0 Å². The molecule has 9 nitrogen and oxygen atoms in total. The zero-order chi connectivity index (χ0) is 17.7. The Labute approximate surface area is 141 Å². The molecule has 0 bridgehead atoms. The summed E-state index contributed by atoms with van der Waals surface area (Å²) in [7, 11) is -3.55. The van der Waals surface area contributed by atoms with E-state index in [-0.39, 0.29) is 24.4 Å². The maximum absolute atomic E-state index is 12.3. The molecule has 10 heteroatoms. The molecule has 2 atom stereocenters. The minimum atomic E-state index is -3.55. The van der Waals surface area contributed by atoms with Gasteiger partial charge < -0.3 is 10.1 Å². The molecular formula is C14H22N4O5S. The van der Waals surface area contributed by atoms with Crippen molar-refractivity contribution in [2.45, 2.75) is 26.1 Å². The van der Waals surface area contributed by atoms with Gasteiger partial charge >= 0.3 is 0 Å². The fourth-order valence-electron chi connectivity index (χ4n) is 2.51. The SMILES string of the molecule is C[C@@H]1CN(S(=O)(=O)NCCNc2ccc([N+](=O)[O-])cc2)C[C@@H](C)O1. The van der Waals surface area contributed by atoms with Gasteiger partial charge in [-0.1, -0.05) is 0 Å². The predicted molar refractivity (Wildman–Crippen MR) is 90.1 cm³/mol.